The Balaban J connectivity index is 1.59. The van der Waals surface area contributed by atoms with Gasteiger partial charge in [0.05, 0.1) is 6.10 Å². The molecule has 0 aliphatic heterocycles. The van der Waals surface area contributed by atoms with E-state index < -0.39 is 6.10 Å². The van der Waals surface area contributed by atoms with Crippen molar-refractivity contribution in [2.24, 2.45) is 0 Å². The Morgan fingerprint density at radius 1 is 1.19 bits per heavy atom. The highest BCUT2D eigenvalue weighted by Crippen LogP contribution is 2.23. The number of carbonyl (C=O) groups excluding carboxylic acids is 1. The van der Waals surface area contributed by atoms with Crippen LogP contribution in [-0.4, -0.2) is 32.8 Å². The molecular formula is C20H21N3O4. The normalized spacial score (nSPS) is 12.0. The lowest BCUT2D eigenvalue weighted by molar-refractivity contribution is 0.0954. The van der Waals surface area contributed by atoms with Gasteiger partial charge in [-0.2, -0.15) is 4.98 Å². The van der Waals surface area contributed by atoms with Crippen molar-refractivity contribution < 1.29 is 19.5 Å². The van der Waals surface area contributed by atoms with Gasteiger partial charge in [0.15, 0.2) is 5.82 Å². The summed E-state index contributed by atoms with van der Waals surface area (Å²) in [5, 5.41) is 25.1. The van der Waals surface area contributed by atoms with Crippen LogP contribution in [0.1, 0.15) is 40.7 Å². The number of nitrogens with one attached hydrogen (secondary N) is 1. The number of aliphatic hydroxyl groups is 2. The summed E-state index contributed by atoms with van der Waals surface area (Å²) < 4.78 is 4.79. The molecule has 27 heavy (non-hydrogen) atoms. The van der Waals surface area contributed by atoms with Crippen LogP contribution in [0.4, 0.5) is 0 Å². The van der Waals surface area contributed by atoms with Crippen molar-refractivity contribution >= 4 is 5.91 Å². The van der Waals surface area contributed by atoms with Gasteiger partial charge in [0.1, 0.15) is 6.61 Å². The fraction of sp³-hybridized carbons (Fsp3) is 0.250. The predicted octanol–water partition coefficient (Wildman–Crippen LogP) is 2.25. The quantitative estimate of drug-likeness (QED) is 0.591. The second-order valence-electron chi connectivity index (χ2n) is 6.15. The lowest BCUT2D eigenvalue weighted by Crippen LogP contribution is -2.25. The predicted molar refractivity (Wildman–Crippen MR) is 98.8 cm³/mol. The Kier molecular flexibility index (Phi) is 5.95. The van der Waals surface area contributed by atoms with Crippen LogP contribution >= 0.6 is 0 Å². The van der Waals surface area contributed by atoms with Gasteiger partial charge in [-0.15, -0.1) is 0 Å². The molecule has 0 radical (unpaired) electrons. The summed E-state index contributed by atoms with van der Waals surface area (Å²) in [5.41, 5.74) is 3.35. The lowest BCUT2D eigenvalue weighted by Gasteiger charge is -2.09. The van der Waals surface area contributed by atoms with Gasteiger partial charge in [-0.05, 0) is 41.8 Å². The molecule has 3 aromatic rings. The smallest absolute Gasteiger partial charge is 0.252 e. The molecule has 0 aliphatic carbocycles. The van der Waals surface area contributed by atoms with E-state index in [1.54, 1.807) is 19.1 Å². The Bertz CT molecular complexity index is 904. The Morgan fingerprint density at radius 2 is 1.96 bits per heavy atom. The number of nitrogens with zero attached hydrogens (tertiary/aromatic N) is 2. The molecule has 0 bridgehead atoms. The number of benzene rings is 2. The van der Waals surface area contributed by atoms with Crippen LogP contribution in [0.2, 0.25) is 0 Å². The summed E-state index contributed by atoms with van der Waals surface area (Å²) in [6.45, 7) is 1.79. The van der Waals surface area contributed by atoms with Crippen molar-refractivity contribution in [1.82, 2.24) is 15.5 Å². The Labute approximate surface area is 156 Å². The Hall–Kier alpha value is -3.03. The van der Waals surface area contributed by atoms with Gasteiger partial charge in [0.2, 0.25) is 0 Å². The van der Waals surface area contributed by atoms with E-state index >= 15 is 0 Å². The molecule has 3 rings (SSSR count). The van der Waals surface area contributed by atoms with Gasteiger partial charge >= 0.3 is 0 Å². The van der Waals surface area contributed by atoms with Gasteiger partial charge in [-0.25, -0.2) is 0 Å². The fourth-order valence-electron chi connectivity index (χ4n) is 2.64. The molecule has 140 valence electrons. The molecule has 7 nitrogen and oxygen atoms in total. The van der Waals surface area contributed by atoms with E-state index in [2.05, 4.69) is 15.5 Å². The zero-order chi connectivity index (χ0) is 19.2. The first-order valence-corrected chi connectivity index (χ1v) is 8.66. The highest BCUT2D eigenvalue weighted by atomic mass is 16.5. The van der Waals surface area contributed by atoms with E-state index in [-0.39, 0.29) is 18.4 Å². The van der Waals surface area contributed by atoms with E-state index in [0.717, 1.165) is 16.7 Å². The van der Waals surface area contributed by atoms with Crippen molar-refractivity contribution in [3.63, 3.8) is 0 Å². The molecule has 1 heterocycles. The minimum atomic E-state index is -0.525. The molecule has 7 heteroatoms. The van der Waals surface area contributed by atoms with Crippen LogP contribution in [-0.2, 0) is 13.0 Å². The minimum absolute atomic E-state index is 0.159. The van der Waals surface area contributed by atoms with Gasteiger partial charge in [-0.3, -0.25) is 4.79 Å². The summed E-state index contributed by atoms with van der Waals surface area (Å²) in [4.78, 5) is 16.2. The van der Waals surface area contributed by atoms with Gasteiger partial charge in [0.25, 0.3) is 11.8 Å². The van der Waals surface area contributed by atoms with Gasteiger partial charge in [0, 0.05) is 18.5 Å². The van der Waals surface area contributed by atoms with Crippen LogP contribution in [0.15, 0.2) is 53.1 Å². The fourth-order valence-corrected chi connectivity index (χ4v) is 2.64. The maximum atomic E-state index is 12.2. The first kappa shape index (κ1) is 18.8. The maximum absolute atomic E-state index is 12.2. The van der Waals surface area contributed by atoms with E-state index in [4.69, 9.17) is 9.63 Å². The van der Waals surface area contributed by atoms with Crippen LogP contribution in [0, 0.1) is 0 Å². The summed E-state index contributed by atoms with van der Waals surface area (Å²) in [7, 11) is 0. The maximum Gasteiger partial charge on any atom is 0.252 e. The van der Waals surface area contributed by atoms with Crippen LogP contribution < -0.4 is 5.32 Å². The molecule has 0 spiro atoms. The Morgan fingerprint density at radius 3 is 2.63 bits per heavy atom. The number of rotatable bonds is 7. The highest BCUT2D eigenvalue weighted by molar-refractivity contribution is 5.94. The molecule has 1 aromatic heterocycles. The highest BCUT2D eigenvalue weighted by Gasteiger charge is 2.09. The number of hydrogen-bond acceptors (Lipinski definition) is 6. The standard InChI is InChI=1S/C20H21N3O4/c1-13(25)16-3-2-4-17(11-16)14-5-7-15(8-6-14)20(26)21-10-9-18-22-19(12-24)27-23-18/h2-8,11,13,24-25H,9-10,12H2,1H3,(H,21,26)/t13-/m1/s1. The largest absolute Gasteiger partial charge is 0.389 e. The van der Waals surface area contributed by atoms with Gasteiger partial charge < -0.3 is 20.1 Å². The van der Waals surface area contributed by atoms with Gasteiger partial charge in [-0.1, -0.05) is 35.5 Å². The van der Waals surface area contributed by atoms with Crippen LogP contribution in [0.3, 0.4) is 0 Å². The molecule has 2 aromatic carbocycles. The average molecular weight is 367 g/mol. The summed E-state index contributed by atoms with van der Waals surface area (Å²) in [5.74, 6) is 0.407. The number of aliphatic hydroxyl groups excluding tert-OH is 2. The molecule has 1 amide bonds. The second kappa shape index (κ2) is 8.57. The summed E-state index contributed by atoms with van der Waals surface area (Å²) in [6.07, 6.45) is -0.109. The van der Waals surface area contributed by atoms with Crippen molar-refractivity contribution in [3.05, 3.63) is 71.4 Å². The minimum Gasteiger partial charge on any atom is -0.389 e. The molecular weight excluding hydrogens is 346 g/mol. The first-order chi connectivity index (χ1) is 13.1. The van der Waals surface area contributed by atoms with Crippen molar-refractivity contribution in [3.8, 4) is 11.1 Å². The third-order valence-corrected chi connectivity index (χ3v) is 4.13. The van der Waals surface area contributed by atoms with E-state index in [0.29, 0.717) is 24.4 Å². The second-order valence-corrected chi connectivity index (χ2v) is 6.15. The number of amides is 1. The SMILES string of the molecule is C[C@@H](O)c1cccc(-c2ccc(C(=O)NCCc3noc(CO)n3)cc2)c1. The third kappa shape index (κ3) is 4.78. The molecule has 0 aliphatic rings. The van der Waals surface area contributed by atoms with Crippen molar-refractivity contribution in [2.75, 3.05) is 6.54 Å². The first-order valence-electron chi connectivity index (χ1n) is 8.66. The van der Waals surface area contributed by atoms with Crippen LogP contribution in [0.5, 0.6) is 0 Å². The zero-order valence-electron chi connectivity index (χ0n) is 14.9. The van der Waals surface area contributed by atoms with E-state index in [1.807, 2.05) is 36.4 Å². The monoisotopic (exact) mass is 367 g/mol. The molecule has 0 saturated heterocycles. The number of hydrogen-bond donors (Lipinski definition) is 3. The van der Waals surface area contributed by atoms with Crippen LogP contribution in [0.25, 0.3) is 11.1 Å². The molecule has 0 fully saturated rings. The topological polar surface area (TPSA) is 108 Å². The number of aromatic nitrogens is 2. The average Bonchev–Trinajstić information content (AvgIpc) is 3.16. The molecule has 0 saturated carbocycles. The molecule has 0 unspecified atom stereocenters. The third-order valence-electron chi connectivity index (χ3n) is 4.13. The molecule has 1 atom stereocenters. The van der Waals surface area contributed by atoms with E-state index in [9.17, 15) is 9.90 Å². The summed E-state index contributed by atoms with van der Waals surface area (Å²) in [6, 6.07) is 15.0. The zero-order valence-corrected chi connectivity index (χ0v) is 14.9. The van der Waals surface area contributed by atoms with Crippen molar-refractivity contribution in [2.45, 2.75) is 26.1 Å². The van der Waals surface area contributed by atoms with E-state index in [1.165, 1.54) is 0 Å². The summed E-state index contributed by atoms with van der Waals surface area (Å²) >= 11 is 0. The number of carbonyl (C=O) groups is 1. The molecule has 3 N–H and O–H groups in total. The lowest BCUT2D eigenvalue weighted by atomic mass is 10.00. The van der Waals surface area contributed by atoms with Crippen molar-refractivity contribution in [1.29, 1.82) is 0 Å².